The van der Waals surface area contributed by atoms with E-state index in [4.69, 9.17) is 52.3 Å². The van der Waals surface area contributed by atoms with E-state index < -0.39 is 10.0 Å². The van der Waals surface area contributed by atoms with Crippen molar-refractivity contribution in [2.24, 2.45) is 0 Å². The van der Waals surface area contributed by atoms with Gasteiger partial charge in [0.05, 0.1) is 94.3 Å². The summed E-state index contributed by atoms with van der Waals surface area (Å²) in [7, 11) is -3.45. The highest BCUT2D eigenvalue weighted by Gasteiger charge is 2.38. The number of nitrogens with one attached hydrogen (secondary N) is 8. The van der Waals surface area contributed by atoms with Gasteiger partial charge in [0.2, 0.25) is 21.9 Å². The first-order valence-corrected chi connectivity index (χ1v) is 51.5. The Morgan fingerprint density at radius 3 is 1.31 bits per heavy atom. The summed E-state index contributed by atoms with van der Waals surface area (Å²) in [6, 6.07) is 65.9. The lowest BCUT2D eigenvalue weighted by Crippen LogP contribution is -2.23. The van der Waals surface area contributed by atoms with Gasteiger partial charge in [0.1, 0.15) is 63.4 Å². The number of dihydropyridines is 1. The predicted molar refractivity (Wildman–Crippen MR) is 580 cm³/mol. The van der Waals surface area contributed by atoms with E-state index in [0.29, 0.717) is 53.1 Å². The summed E-state index contributed by atoms with van der Waals surface area (Å²) in [6.07, 6.45) is 16.3. The molecule has 30 heteroatoms. The second-order valence-electron chi connectivity index (χ2n) is 40.1. The van der Waals surface area contributed by atoms with Crippen LogP contribution >= 0.6 is 0 Å². The lowest BCUT2D eigenvalue weighted by atomic mass is 9.91. The Balaban J connectivity index is 0.000000102. The van der Waals surface area contributed by atoms with Crippen molar-refractivity contribution in [1.82, 2.24) is 96.1 Å². The van der Waals surface area contributed by atoms with Crippen molar-refractivity contribution in [3.8, 4) is 117 Å². The number of nitrogens with zero attached hydrogens (tertiary/aromatic N) is 12. The van der Waals surface area contributed by atoms with Crippen LogP contribution in [-0.2, 0) is 10.0 Å². The van der Waals surface area contributed by atoms with E-state index in [0.717, 1.165) is 265 Å². The molecule has 740 valence electrons. The summed E-state index contributed by atoms with van der Waals surface area (Å²) in [5.74, 6) is 10.5. The van der Waals surface area contributed by atoms with Crippen molar-refractivity contribution in [2.45, 2.75) is 177 Å². The predicted octanol–water partition coefficient (Wildman–Crippen LogP) is 27.3. The molecule has 0 atom stereocenters. The van der Waals surface area contributed by atoms with Crippen LogP contribution in [0.4, 0.5) is 5.95 Å². The number of aromatic nitrogens is 18. The molecule has 0 radical (unpaired) electrons. The molecule has 0 spiro atoms. The second-order valence-corrected chi connectivity index (χ2v) is 42.1. The zero-order valence-electron chi connectivity index (χ0n) is 84.4. The summed E-state index contributed by atoms with van der Waals surface area (Å²) in [4.78, 5) is 58.2. The number of hydrogen-bond donors (Lipinski definition) is 8. The molecule has 12 aromatic heterocycles. The molecule has 148 heavy (non-hydrogen) atoms. The number of benzene rings is 10. The summed E-state index contributed by atoms with van der Waals surface area (Å²) >= 11 is 0. The number of pyridine rings is 1. The number of imidazole rings is 5. The molecule has 0 unspecified atom stereocenters. The van der Waals surface area contributed by atoms with Gasteiger partial charge in [0.15, 0.2) is 0 Å². The smallest absolute Gasteiger partial charge is 0.272 e. The summed E-state index contributed by atoms with van der Waals surface area (Å²) in [6.45, 7) is 31.5. The molecule has 29 nitrogen and oxygen atoms in total. The van der Waals surface area contributed by atoms with Gasteiger partial charge in [-0.3, -0.25) is 9.52 Å². The molecule has 0 amide bonds. The molecule has 8 N–H and O–H groups in total. The molecule has 4 fully saturated rings. The van der Waals surface area contributed by atoms with Crippen molar-refractivity contribution in [1.29, 1.82) is 0 Å². The summed E-state index contributed by atoms with van der Waals surface area (Å²) in [5.41, 5.74) is 36.3. The Morgan fingerprint density at radius 1 is 0.392 bits per heavy atom. The topological polar surface area (TPSA) is 400 Å². The molecule has 5 aliphatic rings. The molecule has 22 aromatic rings. The van der Waals surface area contributed by atoms with E-state index in [-0.39, 0.29) is 22.4 Å². The van der Waals surface area contributed by atoms with Gasteiger partial charge < -0.3 is 57.6 Å². The molecular formula is C118H108N20O9S. The molecular weight excluding hydrogens is 1870 g/mol. The number of hydrogen-bond acceptors (Lipinski definition) is 22. The van der Waals surface area contributed by atoms with Crippen molar-refractivity contribution in [2.75, 3.05) is 4.72 Å². The van der Waals surface area contributed by atoms with Crippen molar-refractivity contribution >= 4 is 98.3 Å². The number of H-pyrrole nitrogens is 6. The Kier molecular flexibility index (Phi) is 24.0. The first kappa shape index (κ1) is 94.3. The van der Waals surface area contributed by atoms with Crippen LogP contribution in [-0.4, -0.2) is 110 Å². The average molecular weight is 1980 g/mol. The Morgan fingerprint density at radius 2 is 0.811 bits per heavy atom. The largest absolute Gasteiger partial charge is 0.472 e. The molecule has 1 aliphatic heterocycles. The van der Waals surface area contributed by atoms with Gasteiger partial charge in [-0.25, -0.2) is 43.4 Å². The van der Waals surface area contributed by atoms with Crippen molar-refractivity contribution in [3.05, 3.63) is 327 Å². The monoisotopic (exact) mass is 1980 g/mol. The highest BCUT2D eigenvalue weighted by Crippen LogP contribution is 2.49. The third-order valence-corrected chi connectivity index (χ3v) is 29.6. The van der Waals surface area contributed by atoms with E-state index in [1.54, 1.807) is 6.20 Å². The first-order valence-electron chi connectivity index (χ1n) is 49.9. The lowest BCUT2D eigenvalue weighted by molar-refractivity contribution is 0.124. The van der Waals surface area contributed by atoms with Gasteiger partial charge in [-0.15, -0.1) is 0 Å². The standard InChI is InChI=1S/C27H24N4O3S.C24H26N4O2.C23H19N5O2.C23H19N3O.C21H20N4O/c1-16-25(17(2)34-30-16)19-14-23(22-11-7-6-10-21(22)18-8-4-3-5-9-18)26-24(15-19)28-27(29-26)31-35(32,33)20-12-13-20;1-13-21(14(2)30-28-13)17-10-18(16-8-9-25-20(12-16)29-24(3,4)5)22-19(11-17)26-23(27-22)15-6-7-15;1-11-19(12(2)30-28-11)14-9-17(21-18(10-14)24-22(25-21)13-7-8-13)20-15-5-3-4-6-16(15)23(29)27-26-20;1-13-22(14(2)27-26-13)17-11-20(23-21(12-17)24-15(3)25-23)19-10-6-8-16-7-4-5-9-18(16)19;1-11-8-15(6-7-22-11)17-9-16(19-12(2)25-26-13(19)3)10-18-20(17)24-21(23-18)14-4-5-14/h3-11,14-15,20H,12-13H2,1-2H3,(H2,28,29,31);8-12,15H,6-7H2,1-5H3,(H,26,27);3-6,9-10,13H,7-8H2,1-2H3,(H,24,25)(H,27,29);4-12H,1-3H3,(H,24,25);6-10,14,22H,1,4-5H2,2-3H3,(H,23,24). The van der Waals surface area contributed by atoms with E-state index >= 15 is 0 Å². The number of rotatable bonds is 18. The van der Waals surface area contributed by atoms with E-state index in [1.807, 2.05) is 176 Å². The normalized spacial score (nSPS) is 14.1. The fraction of sp³-hybridized carbons (Fsp3) is 0.229. The van der Waals surface area contributed by atoms with Crippen LogP contribution in [0.2, 0.25) is 0 Å². The van der Waals surface area contributed by atoms with Crippen LogP contribution in [0, 0.1) is 76.2 Å². The van der Waals surface area contributed by atoms with Gasteiger partial charge in [-0.05, 0) is 305 Å². The van der Waals surface area contributed by atoms with Gasteiger partial charge in [0, 0.05) is 103 Å². The third kappa shape index (κ3) is 18.6. The average Bonchev–Trinajstić information content (AvgIpc) is 1.41. The maximum absolute atomic E-state index is 12.6. The number of aryl methyl sites for hydroxylation is 11. The second kappa shape index (κ2) is 37.7. The SMILES string of the molecule is C=C1C=C(c2cc(-c3c(C)noc3C)cc3[nH]c(C4CC4)nc23)C=CN1.Cc1nc2c(-c3cccc4ccccc34)cc(-c3c(C)noc3C)cc2[nH]1.Cc1noc(C)c1-c1cc(-c2ccccc2-c2ccccc2)c2nc(NS(=O)(=O)C3CC3)[nH]c2c1.Cc1noc(C)c1-c1cc(-c2ccnc(OC(C)(C)C)c2)c2nc(C3CC3)[nH]c2c1.Cc1noc(C)c1-c1cc(-c2n[nH]c(=O)c3ccccc23)c2nc(C3CC3)[nH]c2c1. The van der Waals surface area contributed by atoms with Crippen LogP contribution in [0.15, 0.2) is 258 Å². The number of sulfonamides is 1. The fourth-order valence-corrected chi connectivity index (χ4v) is 21.6. The molecule has 0 bridgehead atoms. The highest BCUT2D eigenvalue weighted by molar-refractivity contribution is 7.93. The van der Waals surface area contributed by atoms with Crippen LogP contribution < -0.4 is 20.3 Å². The molecule has 27 rings (SSSR count). The zero-order valence-corrected chi connectivity index (χ0v) is 85.2. The Bertz CT molecular complexity index is 9180. The maximum Gasteiger partial charge on any atom is 0.272 e. The Labute approximate surface area is 851 Å². The maximum atomic E-state index is 12.6. The van der Waals surface area contributed by atoms with Crippen LogP contribution in [0.25, 0.3) is 194 Å². The van der Waals surface area contributed by atoms with Crippen LogP contribution in [0.1, 0.15) is 176 Å². The number of fused-ring (bicyclic) bond motifs is 7. The number of aromatic amines is 6. The fourth-order valence-electron chi connectivity index (χ4n) is 20.3. The number of ether oxygens (including phenoxy) is 1. The molecule has 0 saturated heterocycles. The first-order chi connectivity index (χ1) is 71.5. The molecule has 4 aliphatic carbocycles. The quantitative estimate of drug-likeness (QED) is 0.0395. The van der Waals surface area contributed by atoms with Gasteiger partial charge >= 0.3 is 0 Å². The van der Waals surface area contributed by atoms with E-state index in [1.165, 1.54) is 42.0 Å². The minimum Gasteiger partial charge on any atom is -0.472 e. The highest BCUT2D eigenvalue weighted by atomic mass is 32.2. The van der Waals surface area contributed by atoms with Gasteiger partial charge in [-0.1, -0.05) is 148 Å². The molecule has 13 heterocycles. The van der Waals surface area contributed by atoms with E-state index in [9.17, 15) is 13.2 Å². The minimum atomic E-state index is -3.45. The number of allylic oxidation sites excluding steroid dienone is 3. The van der Waals surface area contributed by atoms with Gasteiger partial charge in [-0.2, -0.15) is 5.10 Å². The van der Waals surface area contributed by atoms with Crippen molar-refractivity contribution in [3.63, 3.8) is 0 Å². The minimum absolute atomic E-state index is 0.201. The van der Waals surface area contributed by atoms with Crippen molar-refractivity contribution < 1.29 is 35.8 Å². The van der Waals surface area contributed by atoms with Crippen LogP contribution in [0.5, 0.6) is 5.88 Å². The Hall–Kier alpha value is -17.3. The van der Waals surface area contributed by atoms with Crippen LogP contribution in [0.3, 0.4) is 0 Å². The zero-order chi connectivity index (χ0) is 102. The summed E-state index contributed by atoms with van der Waals surface area (Å²) in [5, 5.41) is 34.3. The van der Waals surface area contributed by atoms with Gasteiger partial charge in [0.25, 0.3) is 5.56 Å². The summed E-state index contributed by atoms with van der Waals surface area (Å²) < 4.78 is 60.9. The van der Waals surface area contributed by atoms with E-state index in [2.05, 4.69) is 216 Å². The third-order valence-electron chi connectivity index (χ3n) is 27.8. The molecule has 4 saturated carbocycles. The number of anilines is 1. The lowest BCUT2D eigenvalue weighted by Gasteiger charge is -2.20. The molecule has 10 aromatic carbocycles.